The van der Waals surface area contributed by atoms with E-state index in [0.29, 0.717) is 0 Å². The average Bonchev–Trinajstić information content (AvgIpc) is 2.31. The first kappa shape index (κ1) is 15.1. The van der Waals surface area contributed by atoms with Crippen molar-refractivity contribution in [2.75, 3.05) is 6.61 Å². The zero-order chi connectivity index (χ0) is 14.3. The highest BCUT2D eigenvalue weighted by Gasteiger charge is 2.09. The second kappa shape index (κ2) is 7.45. The van der Waals surface area contributed by atoms with Crippen molar-refractivity contribution in [3.05, 3.63) is 35.7 Å². The molecule has 0 fully saturated rings. The largest absolute Gasteiger partial charge is 0.466 e. The summed E-state index contributed by atoms with van der Waals surface area (Å²) in [7, 11) is 0. The Hall–Kier alpha value is -1.98. The molecule has 1 rings (SSSR count). The van der Waals surface area contributed by atoms with E-state index in [1.165, 1.54) is 18.2 Å². The molecule has 0 amide bonds. The molecule has 0 aromatic heterocycles. The van der Waals surface area contributed by atoms with Crippen LogP contribution in [0.5, 0.6) is 5.75 Å². The van der Waals surface area contributed by atoms with Crippen LogP contribution in [0.25, 0.3) is 6.08 Å². The van der Waals surface area contributed by atoms with Crippen molar-refractivity contribution >= 4 is 12.0 Å². The number of hydrogen-bond acceptors (Lipinski definition) is 3. The normalized spacial score (nSPS) is 11.0. The lowest BCUT2D eigenvalue weighted by atomic mass is 10.1. The molecule has 0 aliphatic rings. The predicted octanol–water partition coefficient (Wildman–Crippen LogP) is 3.39. The van der Waals surface area contributed by atoms with Gasteiger partial charge < -0.3 is 9.47 Å². The number of rotatable bonds is 6. The molecule has 0 N–H and O–H groups in total. The molecule has 0 aliphatic carbocycles. The zero-order valence-electron chi connectivity index (χ0n) is 10.2. The van der Waals surface area contributed by atoms with E-state index in [1.54, 1.807) is 6.92 Å². The molecule has 0 spiro atoms. The Balaban J connectivity index is 2.76. The summed E-state index contributed by atoms with van der Waals surface area (Å²) >= 11 is 0. The fourth-order valence-corrected chi connectivity index (χ4v) is 1.35. The van der Waals surface area contributed by atoms with Crippen LogP contribution in [0.4, 0.5) is 13.2 Å². The first-order chi connectivity index (χ1) is 9.02. The van der Waals surface area contributed by atoms with E-state index >= 15 is 0 Å². The van der Waals surface area contributed by atoms with Gasteiger partial charge in [-0.1, -0.05) is 12.2 Å². The zero-order valence-corrected chi connectivity index (χ0v) is 10.2. The van der Waals surface area contributed by atoms with E-state index in [9.17, 15) is 18.0 Å². The van der Waals surface area contributed by atoms with Gasteiger partial charge in [0.2, 0.25) is 0 Å². The minimum atomic E-state index is -3.04. The van der Waals surface area contributed by atoms with Crippen molar-refractivity contribution in [1.82, 2.24) is 0 Å². The van der Waals surface area contributed by atoms with Crippen molar-refractivity contribution in [3.8, 4) is 5.75 Å². The molecule has 0 bridgehead atoms. The third-order valence-electron chi connectivity index (χ3n) is 2.08. The Morgan fingerprint density at radius 1 is 1.42 bits per heavy atom. The third-order valence-corrected chi connectivity index (χ3v) is 2.08. The third kappa shape index (κ3) is 5.46. The molecule has 0 aliphatic heterocycles. The van der Waals surface area contributed by atoms with E-state index in [0.717, 1.165) is 12.1 Å². The standard InChI is InChI=1S/C13H13F3O3/c1-2-18-12(17)5-3-4-9-6-7-10(14)8-11(9)19-13(15)16/h3-4,6-8,13H,2,5H2,1H3. The monoisotopic (exact) mass is 274 g/mol. The van der Waals surface area contributed by atoms with E-state index < -0.39 is 18.4 Å². The van der Waals surface area contributed by atoms with Gasteiger partial charge in [-0.05, 0) is 19.1 Å². The quantitative estimate of drug-likeness (QED) is 0.746. The Kier molecular flexibility index (Phi) is 5.92. The first-order valence-corrected chi connectivity index (χ1v) is 5.59. The molecule has 6 heteroatoms. The minimum absolute atomic E-state index is 0.000660. The van der Waals surface area contributed by atoms with Gasteiger partial charge in [-0.15, -0.1) is 0 Å². The maximum absolute atomic E-state index is 12.9. The van der Waals surface area contributed by atoms with Gasteiger partial charge in [0.1, 0.15) is 11.6 Å². The molecule has 0 saturated carbocycles. The summed E-state index contributed by atoms with van der Waals surface area (Å²) in [4.78, 5) is 11.1. The maximum atomic E-state index is 12.9. The van der Waals surface area contributed by atoms with Gasteiger partial charge in [0.05, 0.1) is 13.0 Å². The van der Waals surface area contributed by atoms with Crippen LogP contribution in [0.3, 0.4) is 0 Å². The summed E-state index contributed by atoms with van der Waals surface area (Å²) < 4.78 is 46.1. The van der Waals surface area contributed by atoms with Crippen molar-refractivity contribution < 1.29 is 27.4 Å². The molecule has 19 heavy (non-hydrogen) atoms. The molecule has 0 atom stereocenters. The van der Waals surface area contributed by atoms with Gasteiger partial charge in [-0.2, -0.15) is 8.78 Å². The van der Waals surface area contributed by atoms with Crippen molar-refractivity contribution in [2.24, 2.45) is 0 Å². The van der Waals surface area contributed by atoms with Crippen LogP contribution < -0.4 is 4.74 Å². The number of hydrogen-bond donors (Lipinski definition) is 0. The van der Waals surface area contributed by atoms with E-state index in [2.05, 4.69) is 4.74 Å². The number of esters is 1. The molecule has 0 radical (unpaired) electrons. The Labute approximate surface area is 108 Å². The second-order valence-corrected chi connectivity index (χ2v) is 3.47. The second-order valence-electron chi connectivity index (χ2n) is 3.47. The lowest BCUT2D eigenvalue weighted by Gasteiger charge is -2.07. The van der Waals surface area contributed by atoms with Gasteiger partial charge in [0.25, 0.3) is 0 Å². The number of carbonyl (C=O) groups excluding carboxylic acids is 1. The highest BCUT2D eigenvalue weighted by Crippen LogP contribution is 2.23. The van der Waals surface area contributed by atoms with Crippen LogP contribution in [0.15, 0.2) is 24.3 Å². The topological polar surface area (TPSA) is 35.5 Å². The van der Waals surface area contributed by atoms with Crippen LogP contribution in [0.1, 0.15) is 18.9 Å². The predicted molar refractivity (Wildman–Crippen MR) is 63.3 cm³/mol. The van der Waals surface area contributed by atoms with E-state index in [4.69, 9.17) is 4.74 Å². The summed E-state index contributed by atoms with van der Waals surface area (Å²) in [5, 5.41) is 0. The fourth-order valence-electron chi connectivity index (χ4n) is 1.35. The summed E-state index contributed by atoms with van der Waals surface area (Å²) in [6, 6.07) is 3.26. The molecule has 0 heterocycles. The van der Waals surface area contributed by atoms with E-state index in [-0.39, 0.29) is 24.3 Å². The molecule has 0 saturated heterocycles. The highest BCUT2D eigenvalue weighted by molar-refractivity contribution is 5.73. The Morgan fingerprint density at radius 2 is 2.16 bits per heavy atom. The molecule has 104 valence electrons. The molecule has 1 aromatic carbocycles. The Morgan fingerprint density at radius 3 is 2.79 bits per heavy atom. The number of benzene rings is 1. The summed E-state index contributed by atoms with van der Waals surface area (Å²) in [6.45, 7) is -1.10. The molecule has 1 aromatic rings. The molecular weight excluding hydrogens is 261 g/mol. The number of halogens is 3. The highest BCUT2D eigenvalue weighted by atomic mass is 19.3. The van der Waals surface area contributed by atoms with Crippen LogP contribution in [-0.2, 0) is 9.53 Å². The summed E-state index contributed by atoms with van der Waals surface area (Å²) in [5.41, 5.74) is 0.256. The number of carbonyl (C=O) groups is 1. The molecule has 3 nitrogen and oxygen atoms in total. The van der Waals surface area contributed by atoms with Gasteiger partial charge in [-0.25, -0.2) is 4.39 Å². The lowest BCUT2D eigenvalue weighted by Crippen LogP contribution is -2.04. The van der Waals surface area contributed by atoms with E-state index in [1.807, 2.05) is 0 Å². The minimum Gasteiger partial charge on any atom is -0.466 e. The van der Waals surface area contributed by atoms with Crippen LogP contribution in [0.2, 0.25) is 0 Å². The van der Waals surface area contributed by atoms with Gasteiger partial charge in [0, 0.05) is 11.6 Å². The average molecular weight is 274 g/mol. The first-order valence-electron chi connectivity index (χ1n) is 5.59. The summed E-state index contributed by atoms with van der Waals surface area (Å²) in [5.74, 6) is -1.40. The number of ether oxygens (including phenoxy) is 2. The fraction of sp³-hybridized carbons (Fsp3) is 0.308. The van der Waals surface area contributed by atoms with Crippen molar-refractivity contribution in [1.29, 1.82) is 0 Å². The lowest BCUT2D eigenvalue weighted by molar-refractivity contribution is -0.142. The van der Waals surface area contributed by atoms with Crippen molar-refractivity contribution in [2.45, 2.75) is 20.0 Å². The smallest absolute Gasteiger partial charge is 0.387 e. The number of alkyl halides is 2. The molecule has 0 unspecified atom stereocenters. The van der Waals surface area contributed by atoms with Gasteiger partial charge >= 0.3 is 12.6 Å². The maximum Gasteiger partial charge on any atom is 0.387 e. The van der Waals surface area contributed by atoms with Crippen LogP contribution in [0, 0.1) is 5.82 Å². The van der Waals surface area contributed by atoms with Crippen molar-refractivity contribution in [3.63, 3.8) is 0 Å². The van der Waals surface area contributed by atoms with Crippen LogP contribution >= 0.6 is 0 Å². The Bertz CT molecular complexity index is 458. The van der Waals surface area contributed by atoms with Gasteiger partial charge in [-0.3, -0.25) is 4.79 Å². The summed E-state index contributed by atoms with van der Waals surface area (Å²) in [6.07, 6.45) is 2.83. The molecular formula is C13H13F3O3. The SMILES string of the molecule is CCOC(=O)CC=Cc1ccc(F)cc1OC(F)F. The van der Waals surface area contributed by atoms with Crippen LogP contribution in [-0.4, -0.2) is 19.2 Å². The van der Waals surface area contributed by atoms with Gasteiger partial charge in [0.15, 0.2) is 0 Å².